The number of nitrogens with two attached hydrogens (primary N) is 1. The second kappa shape index (κ2) is 5.68. The van der Waals surface area contributed by atoms with Gasteiger partial charge >= 0.3 is 0 Å². The summed E-state index contributed by atoms with van der Waals surface area (Å²) < 4.78 is 18.6. The fourth-order valence-electron chi connectivity index (χ4n) is 1.07. The Morgan fingerprint density at radius 2 is 2.27 bits per heavy atom. The van der Waals surface area contributed by atoms with Crippen molar-refractivity contribution in [1.29, 1.82) is 0 Å². The molecule has 0 saturated heterocycles. The predicted molar refractivity (Wildman–Crippen MR) is 56.0 cm³/mol. The van der Waals surface area contributed by atoms with Crippen molar-refractivity contribution >= 4 is 0 Å². The molecule has 0 aliphatic rings. The summed E-state index contributed by atoms with van der Waals surface area (Å²) in [5.74, 6) is -0.214. The molecular formula is C11H16FNO2. The van der Waals surface area contributed by atoms with E-state index in [9.17, 15) is 4.39 Å². The Bertz CT molecular complexity index is 317. The molecule has 1 atom stereocenters. The van der Waals surface area contributed by atoms with Crippen molar-refractivity contribution in [2.75, 3.05) is 13.2 Å². The highest BCUT2D eigenvalue weighted by Crippen LogP contribution is 2.18. The van der Waals surface area contributed by atoms with Crippen molar-refractivity contribution in [2.24, 2.45) is 11.7 Å². The molecule has 15 heavy (non-hydrogen) atoms. The highest BCUT2D eigenvalue weighted by molar-refractivity contribution is 5.29. The van der Waals surface area contributed by atoms with E-state index < -0.39 is 5.82 Å². The van der Waals surface area contributed by atoms with E-state index in [2.05, 4.69) is 0 Å². The number of benzene rings is 1. The number of aliphatic hydroxyl groups is 1. The molecule has 1 rings (SSSR count). The van der Waals surface area contributed by atoms with Crippen LogP contribution in [0, 0.1) is 11.7 Å². The van der Waals surface area contributed by atoms with Crippen molar-refractivity contribution in [3.05, 3.63) is 29.6 Å². The van der Waals surface area contributed by atoms with Crippen LogP contribution < -0.4 is 10.5 Å². The minimum atomic E-state index is -0.414. The lowest BCUT2D eigenvalue weighted by Gasteiger charge is -2.11. The van der Waals surface area contributed by atoms with Gasteiger partial charge in [-0.3, -0.25) is 0 Å². The maximum atomic E-state index is 13.3. The maximum absolute atomic E-state index is 13.3. The molecule has 4 heteroatoms. The molecule has 84 valence electrons. The summed E-state index contributed by atoms with van der Waals surface area (Å²) >= 11 is 0. The van der Waals surface area contributed by atoms with Crippen LogP contribution in [0.4, 0.5) is 4.39 Å². The van der Waals surface area contributed by atoms with Crippen LogP contribution in [0.3, 0.4) is 0 Å². The summed E-state index contributed by atoms with van der Waals surface area (Å²) in [5, 5.41) is 8.77. The lowest BCUT2D eigenvalue weighted by Crippen LogP contribution is -2.12. The molecule has 3 N–H and O–H groups in total. The fraction of sp³-hybridized carbons (Fsp3) is 0.455. The van der Waals surface area contributed by atoms with Gasteiger partial charge in [0, 0.05) is 19.1 Å². The third kappa shape index (κ3) is 3.49. The van der Waals surface area contributed by atoms with E-state index in [4.69, 9.17) is 15.6 Å². The Balaban J connectivity index is 2.62. The van der Waals surface area contributed by atoms with Crippen LogP contribution in [0.25, 0.3) is 0 Å². The van der Waals surface area contributed by atoms with Gasteiger partial charge in [-0.05, 0) is 17.7 Å². The van der Waals surface area contributed by atoms with Crippen LogP contribution in [-0.4, -0.2) is 18.3 Å². The number of hydrogen-bond acceptors (Lipinski definition) is 3. The van der Waals surface area contributed by atoms with Crippen LogP contribution in [0.15, 0.2) is 18.2 Å². The van der Waals surface area contributed by atoms with E-state index in [1.54, 1.807) is 12.1 Å². The first-order valence-electron chi connectivity index (χ1n) is 4.89. The van der Waals surface area contributed by atoms with Gasteiger partial charge in [0.25, 0.3) is 0 Å². The van der Waals surface area contributed by atoms with E-state index in [1.807, 2.05) is 6.92 Å². The predicted octanol–water partition coefficient (Wildman–Crippen LogP) is 1.29. The highest BCUT2D eigenvalue weighted by Gasteiger charge is 2.06. The molecular weight excluding hydrogens is 197 g/mol. The third-order valence-electron chi connectivity index (χ3n) is 2.07. The van der Waals surface area contributed by atoms with Gasteiger partial charge in [0.05, 0.1) is 6.61 Å². The number of hydrogen-bond donors (Lipinski definition) is 2. The Hall–Kier alpha value is -1.13. The van der Waals surface area contributed by atoms with Crippen molar-refractivity contribution in [1.82, 2.24) is 0 Å². The number of aliphatic hydroxyl groups excluding tert-OH is 1. The Labute approximate surface area is 88.7 Å². The first kappa shape index (κ1) is 11.9. The van der Waals surface area contributed by atoms with Crippen molar-refractivity contribution in [3.63, 3.8) is 0 Å². The van der Waals surface area contributed by atoms with Gasteiger partial charge in [0.15, 0.2) is 11.6 Å². The molecule has 3 nitrogen and oxygen atoms in total. The molecule has 1 aromatic carbocycles. The lowest BCUT2D eigenvalue weighted by atomic mass is 10.2. The minimum absolute atomic E-state index is 0.00131. The Kier molecular flexibility index (Phi) is 4.52. The molecule has 0 radical (unpaired) electrons. The smallest absolute Gasteiger partial charge is 0.165 e. The molecule has 0 aliphatic heterocycles. The Morgan fingerprint density at radius 3 is 2.80 bits per heavy atom. The summed E-state index contributed by atoms with van der Waals surface area (Å²) in [6.07, 6.45) is 0. The van der Waals surface area contributed by atoms with Crippen LogP contribution >= 0.6 is 0 Å². The van der Waals surface area contributed by atoms with E-state index >= 15 is 0 Å². The zero-order valence-electron chi connectivity index (χ0n) is 8.74. The highest BCUT2D eigenvalue weighted by atomic mass is 19.1. The van der Waals surface area contributed by atoms with Crippen LogP contribution in [-0.2, 0) is 6.54 Å². The van der Waals surface area contributed by atoms with E-state index in [1.165, 1.54) is 6.07 Å². The molecule has 0 saturated carbocycles. The summed E-state index contributed by atoms with van der Waals surface area (Å²) in [6, 6.07) is 4.64. The zero-order valence-corrected chi connectivity index (χ0v) is 8.74. The van der Waals surface area contributed by atoms with Gasteiger partial charge in [-0.1, -0.05) is 13.0 Å². The van der Waals surface area contributed by atoms with Gasteiger partial charge in [-0.2, -0.15) is 0 Å². The summed E-state index contributed by atoms with van der Waals surface area (Å²) in [5.41, 5.74) is 6.10. The summed E-state index contributed by atoms with van der Waals surface area (Å²) in [4.78, 5) is 0. The van der Waals surface area contributed by atoms with E-state index in [0.29, 0.717) is 13.2 Å². The molecule has 0 aromatic heterocycles. The molecule has 0 bridgehead atoms. The van der Waals surface area contributed by atoms with Gasteiger partial charge in [0.2, 0.25) is 0 Å². The minimum Gasteiger partial charge on any atom is -0.490 e. The average molecular weight is 213 g/mol. The van der Waals surface area contributed by atoms with Crippen molar-refractivity contribution in [2.45, 2.75) is 13.5 Å². The molecule has 0 heterocycles. The molecule has 0 fully saturated rings. The third-order valence-corrected chi connectivity index (χ3v) is 2.07. The van der Waals surface area contributed by atoms with E-state index in [0.717, 1.165) is 5.56 Å². The standard InChI is InChI=1S/C11H16FNO2/c1-8(6-14)7-15-11-3-2-9(5-13)4-10(11)12/h2-4,8,14H,5-7,13H2,1H3. The molecule has 0 amide bonds. The zero-order chi connectivity index (χ0) is 11.3. The number of rotatable bonds is 5. The van der Waals surface area contributed by atoms with Crippen molar-refractivity contribution in [3.8, 4) is 5.75 Å². The quantitative estimate of drug-likeness (QED) is 0.775. The van der Waals surface area contributed by atoms with Crippen molar-refractivity contribution < 1.29 is 14.2 Å². The van der Waals surface area contributed by atoms with E-state index in [-0.39, 0.29) is 18.3 Å². The largest absolute Gasteiger partial charge is 0.490 e. The molecule has 0 spiro atoms. The van der Waals surface area contributed by atoms with Gasteiger partial charge in [-0.15, -0.1) is 0 Å². The second-order valence-corrected chi connectivity index (χ2v) is 3.57. The van der Waals surface area contributed by atoms with Gasteiger partial charge in [0.1, 0.15) is 0 Å². The maximum Gasteiger partial charge on any atom is 0.165 e. The number of ether oxygens (including phenoxy) is 1. The van der Waals surface area contributed by atoms with Crippen LogP contribution in [0.2, 0.25) is 0 Å². The van der Waals surface area contributed by atoms with Crippen LogP contribution in [0.5, 0.6) is 5.75 Å². The first-order chi connectivity index (χ1) is 7.17. The average Bonchev–Trinajstić information content (AvgIpc) is 2.26. The molecule has 1 aromatic rings. The second-order valence-electron chi connectivity index (χ2n) is 3.57. The SMILES string of the molecule is CC(CO)COc1ccc(CN)cc1F. The normalized spacial score (nSPS) is 12.5. The summed E-state index contributed by atoms with van der Waals surface area (Å²) in [7, 11) is 0. The fourth-order valence-corrected chi connectivity index (χ4v) is 1.07. The van der Waals surface area contributed by atoms with Gasteiger partial charge < -0.3 is 15.6 Å². The Morgan fingerprint density at radius 1 is 1.53 bits per heavy atom. The monoisotopic (exact) mass is 213 g/mol. The molecule has 0 aliphatic carbocycles. The molecule has 1 unspecified atom stereocenters. The van der Waals surface area contributed by atoms with Gasteiger partial charge in [-0.25, -0.2) is 4.39 Å². The topological polar surface area (TPSA) is 55.5 Å². The number of halogens is 1. The van der Waals surface area contributed by atoms with Crippen LogP contribution in [0.1, 0.15) is 12.5 Å². The lowest BCUT2D eigenvalue weighted by molar-refractivity contribution is 0.171. The first-order valence-corrected chi connectivity index (χ1v) is 4.89. The summed E-state index contributed by atoms with van der Waals surface area (Å²) in [6.45, 7) is 2.47.